The molecule has 0 aliphatic heterocycles. The molecular formula is C14H12ClN3O. The van der Waals surface area contributed by atoms with Gasteiger partial charge in [-0.15, -0.1) is 5.10 Å². The molecule has 0 fully saturated rings. The largest absolute Gasteiger partial charge is 0.386 e. The van der Waals surface area contributed by atoms with Gasteiger partial charge in [-0.2, -0.15) is 0 Å². The van der Waals surface area contributed by atoms with Gasteiger partial charge in [0.25, 0.3) is 0 Å². The van der Waals surface area contributed by atoms with E-state index < -0.39 is 6.10 Å². The van der Waals surface area contributed by atoms with Gasteiger partial charge in [0, 0.05) is 5.02 Å². The van der Waals surface area contributed by atoms with E-state index in [4.69, 9.17) is 11.6 Å². The van der Waals surface area contributed by atoms with E-state index in [-0.39, 0.29) is 0 Å². The summed E-state index contributed by atoms with van der Waals surface area (Å²) in [6.45, 7) is 0.363. The molecule has 2 aromatic carbocycles. The summed E-state index contributed by atoms with van der Waals surface area (Å²) in [6, 6.07) is 14.8. The maximum absolute atomic E-state index is 10.2. The number of fused-ring (bicyclic) bond motifs is 1. The summed E-state index contributed by atoms with van der Waals surface area (Å²) in [4.78, 5) is 0. The molecule has 1 aromatic heterocycles. The molecule has 3 rings (SSSR count). The Morgan fingerprint density at radius 1 is 1.11 bits per heavy atom. The number of benzene rings is 2. The fourth-order valence-electron chi connectivity index (χ4n) is 2.01. The molecule has 1 heterocycles. The van der Waals surface area contributed by atoms with Gasteiger partial charge in [0.05, 0.1) is 18.2 Å². The van der Waals surface area contributed by atoms with E-state index in [1.54, 1.807) is 16.8 Å². The Morgan fingerprint density at radius 2 is 1.84 bits per heavy atom. The average Bonchev–Trinajstić information content (AvgIpc) is 2.83. The third-order valence-corrected chi connectivity index (χ3v) is 3.27. The molecule has 96 valence electrons. The van der Waals surface area contributed by atoms with Gasteiger partial charge in [-0.1, -0.05) is 41.1 Å². The summed E-state index contributed by atoms with van der Waals surface area (Å²) in [5.41, 5.74) is 2.55. The van der Waals surface area contributed by atoms with Crippen LogP contribution < -0.4 is 0 Å². The van der Waals surface area contributed by atoms with Crippen molar-refractivity contribution in [3.05, 3.63) is 59.1 Å². The van der Waals surface area contributed by atoms with Gasteiger partial charge in [0.15, 0.2) is 0 Å². The van der Waals surface area contributed by atoms with Crippen LogP contribution in [-0.2, 0) is 6.54 Å². The Labute approximate surface area is 115 Å². The quantitative estimate of drug-likeness (QED) is 0.798. The van der Waals surface area contributed by atoms with Gasteiger partial charge in [-0.3, -0.25) is 0 Å². The van der Waals surface area contributed by atoms with Crippen LogP contribution in [0, 0.1) is 0 Å². The number of aliphatic hydroxyl groups is 1. The van der Waals surface area contributed by atoms with E-state index in [9.17, 15) is 5.11 Å². The Kier molecular flexibility index (Phi) is 3.19. The minimum Gasteiger partial charge on any atom is -0.386 e. The van der Waals surface area contributed by atoms with Crippen LogP contribution in [0.5, 0.6) is 0 Å². The highest BCUT2D eigenvalue weighted by atomic mass is 35.5. The average molecular weight is 274 g/mol. The zero-order chi connectivity index (χ0) is 13.2. The van der Waals surface area contributed by atoms with Crippen molar-refractivity contribution in [3.8, 4) is 0 Å². The predicted molar refractivity (Wildman–Crippen MR) is 73.9 cm³/mol. The first-order chi connectivity index (χ1) is 9.24. The highest BCUT2D eigenvalue weighted by molar-refractivity contribution is 6.30. The zero-order valence-electron chi connectivity index (χ0n) is 10.1. The van der Waals surface area contributed by atoms with E-state index in [0.717, 1.165) is 16.6 Å². The van der Waals surface area contributed by atoms with Crippen LogP contribution in [-0.4, -0.2) is 20.1 Å². The minimum absolute atomic E-state index is 0.363. The van der Waals surface area contributed by atoms with Crippen molar-refractivity contribution < 1.29 is 5.11 Å². The molecule has 1 N–H and O–H groups in total. The summed E-state index contributed by atoms with van der Waals surface area (Å²) >= 11 is 5.83. The monoisotopic (exact) mass is 273 g/mol. The van der Waals surface area contributed by atoms with Crippen LogP contribution in [0.25, 0.3) is 11.0 Å². The second-order valence-electron chi connectivity index (χ2n) is 4.33. The van der Waals surface area contributed by atoms with E-state index in [1.165, 1.54) is 0 Å². The molecule has 0 radical (unpaired) electrons. The molecule has 0 saturated carbocycles. The Bertz CT molecular complexity index is 693. The molecule has 0 bridgehead atoms. The van der Waals surface area contributed by atoms with E-state index in [0.29, 0.717) is 11.6 Å². The number of hydrogen-bond donors (Lipinski definition) is 1. The van der Waals surface area contributed by atoms with Gasteiger partial charge in [-0.05, 0) is 29.8 Å². The normalized spacial score (nSPS) is 12.7. The standard InChI is InChI=1S/C14H12ClN3O/c15-11-7-5-10(6-8-11)14(19)9-18-13-4-2-1-3-12(13)16-17-18/h1-8,14,19H,9H2. The summed E-state index contributed by atoms with van der Waals surface area (Å²) < 4.78 is 1.70. The lowest BCUT2D eigenvalue weighted by molar-refractivity contribution is 0.152. The highest BCUT2D eigenvalue weighted by Gasteiger charge is 2.11. The van der Waals surface area contributed by atoms with Crippen molar-refractivity contribution in [2.75, 3.05) is 0 Å². The van der Waals surface area contributed by atoms with E-state index in [2.05, 4.69) is 10.3 Å². The molecule has 0 amide bonds. The molecule has 0 saturated heterocycles. The first kappa shape index (κ1) is 12.1. The molecule has 0 aliphatic rings. The van der Waals surface area contributed by atoms with Gasteiger partial charge >= 0.3 is 0 Å². The molecule has 0 aliphatic carbocycles. The summed E-state index contributed by atoms with van der Waals surface area (Å²) in [5.74, 6) is 0. The number of para-hydroxylation sites is 1. The number of rotatable bonds is 3. The second kappa shape index (κ2) is 4.99. The Morgan fingerprint density at radius 3 is 2.63 bits per heavy atom. The topological polar surface area (TPSA) is 50.9 Å². The zero-order valence-corrected chi connectivity index (χ0v) is 10.8. The number of aromatic nitrogens is 3. The first-order valence-corrected chi connectivity index (χ1v) is 6.33. The van der Waals surface area contributed by atoms with Crippen LogP contribution in [0.3, 0.4) is 0 Å². The molecular weight excluding hydrogens is 262 g/mol. The van der Waals surface area contributed by atoms with Gasteiger partial charge in [0.2, 0.25) is 0 Å². The van der Waals surface area contributed by atoms with Crippen molar-refractivity contribution in [3.63, 3.8) is 0 Å². The van der Waals surface area contributed by atoms with Crippen molar-refractivity contribution in [2.45, 2.75) is 12.6 Å². The highest BCUT2D eigenvalue weighted by Crippen LogP contribution is 2.19. The number of halogens is 1. The number of nitrogens with zero attached hydrogens (tertiary/aromatic N) is 3. The van der Waals surface area contributed by atoms with Crippen LogP contribution in [0.15, 0.2) is 48.5 Å². The van der Waals surface area contributed by atoms with Gasteiger partial charge in [-0.25, -0.2) is 4.68 Å². The second-order valence-corrected chi connectivity index (χ2v) is 4.76. The van der Waals surface area contributed by atoms with Crippen molar-refractivity contribution in [2.24, 2.45) is 0 Å². The van der Waals surface area contributed by atoms with Crippen molar-refractivity contribution in [1.29, 1.82) is 0 Å². The Hall–Kier alpha value is -1.91. The molecule has 1 unspecified atom stereocenters. The third kappa shape index (κ3) is 2.45. The van der Waals surface area contributed by atoms with Crippen LogP contribution in [0.1, 0.15) is 11.7 Å². The van der Waals surface area contributed by atoms with Crippen molar-refractivity contribution >= 4 is 22.6 Å². The molecule has 5 heteroatoms. The molecule has 3 aromatic rings. The Balaban J connectivity index is 1.86. The lowest BCUT2D eigenvalue weighted by Gasteiger charge is -2.11. The molecule has 4 nitrogen and oxygen atoms in total. The third-order valence-electron chi connectivity index (χ3n) is 3.02. The molecule has 0 spiro atoms. The molecule has 1 atom stereocenters. The summed E-state index contributed by atoms with van der Waals surface area (Å²) in [7, 11) is 0. The van der Waals surface area contributed by atoms with Gasteiger partial charge in [0.1, 0.15) is 5.52 Å². The smallest absolute Gasteiger partial charge is 0.113 e. The lowest BCUT2D eigenvalue weighted by Crippen LogP contribution is -2.10. The number of aliphatic hydroxyl groups excluding tert-OH is 1. The lowest BCUT2D eigenvalue weighted by atomic mass is 10.1. The van der Waals surface area contributed by atoms with Crippen LogP contribution >= 0.6 is 11.6 Å². The first-order valence-electron chi connectivity index (χ1n) is 5.96. The fourth-order valence-corrected chi connectivity index (χ4v) is 2.13. The maximum atomic E-state index is 10.2. The fraction of sp³-hybridized carbons (Fsp3) is 0.143. The van der Waals surface area contributed by atoms with Crippen molar-refractivity contribution in [1.82, 2.24) is 15.0 Å². The van der Waals surface area contributed by atoms with Crippen LogP contribution in [0.2, 0.25) is 5.02 Å². The predicted octanol–water partition coefficient (Wildman–Crippen LogP) is 2.82. The maximum Gasteiger partial charge on any atom is 0.113 e. The van der Waals surface area contributed by atoms with Crippen LogP contribution in [0.4, 0.5) is 0 Å². The molecule has 19 heavy (non-hydrogen) atoms. The van der Waals surface area contributed by atoms with E-state index in [1.807, 2.05) is 36.4 Å². The number of hydrogen-bond acceptors (Lipinski definition) is 3. The van der Waals surface area contributed by atoms with E-state index >= 15 is 0 Å². The summed E-state index contributed by atoms with van der Waals surface area (Å²) in [6.07, 6.45) is -0.637. The SMILES string of the molecule is OC(Cn1nnc2ccccc21)c1ccc(Cl)cc1. The summed E-state index contributed by atoms with van der Waals surface area (Å²) in [5, 5.41) is 19.0. The minimum atomic E-state index is -0.637. The van der Waals surface area contributed by atoms with Gasteiger partial charge < -0.3 is 5.11 Å².